The second-order valence-corrected chi connectivity index (χ2v) is 5.77. The van der Waals surface area contributed by atoms with Gasteiger partial charge in [0, 0.05) is 0 Å². The molecule has 1 N–H and O–H groups in total. The summed E-state index contributed by atoms with van der Waals surface area (Å²) in [6.07, 6.45) is 2.93. The van der Waals surface area contributed by atoms with Crippen molar-refractivity contribution in [1.82, 2.24) is 10.2 Å². The number of carbonyl (C=O) groups is 2. The first-order chi connectivity index (χ1) is 11.0. The minimum atomic E-state index is -0.767. The van der Waals surface area contributed by atoms with E-state index in [0.717, 1.165) is 12.8 Å². The van der Waals surface area contributed by atoms with E-state index < -0.39 is 5.54 Å². The quantitative estimate of drug-likeness (QED) is 0.748. The second-order valence-electron chi connectivity index (χ2n) is 5.77. The number of hydrogen-bond donors (Lipinski definition) is 1. The van der Waals surface area contributed by atoms with Crippen molar-refractivity contribution in [3.8, 4) is 5.75 Å². The highest BCUT2D eigenvalue weighted by Crippen LogP contribution is 2.27. The van der Waals surface area contributed by atoms with Crippen LogP contribution < -0.4 is 10.1 Å². The van der Waals surface area contributed by atoms with Crippen LogP contribution in [0.3, 0.4) is 0 Å². The van der Waals surface area contributed by atoms with Gasteiger partial charge in [-0.3, -0.25) is 9.69 Å². The Morgan fingerprint density at radius 1 is 1.13 bits per heavy atom. The number of nitrogens with zero attached hydrogens (tertiary/aromatic N) is 1. The summed E-state index contributed by atoms with van der Waals surface area (Å²) in [7, 11) is 0. The molecular weight excluding hydrogens is 299 g/mol. The van der Waals surface area contributed by atoms with Gasteiger partial charge in [0.2, 0.25) is 0 Å². The fourth-order valence-electron chi connectivity index (χ4n) is 2.98. The van der Waals surface area contributed by atoms with Crippen LogP contribution in [0, 0.1) is 5.82 Å². The molecule has 1 heterocycles. The Labute approximate surface area is 135 Å². The topological polar surface area (TPSA) is 58.6 Å². The van der Waals surface area contributed by atoms with Gasteiger partial charge in [0.25, 0.3) is 5.91 Å². The van der Waals surface area contributed by atoms with E-state index >= 15 is 0 Å². The molecule has 2 rings (SSSR count). The van der Waals surface area contributed by atoms with Crippen LogP contribution in [0.15, 0.2) is 24.3 Å². The number of nitrogens with one attached hydrogen (secondary N) is 1. The van der Waals surface area contributed by atoms with E-state index in [4.69, 9.17) is 4.74 Å². The number of halogens is 1. The lowest BCUT2D eigenvalue weighted by Crippen LogP contribution is -2.47. The third-order valence-corrected chi connectivity index (χ3v) is 4.00. The fraction of sp³-hybridized carbons (Fsp3) is 0.529. The predicted octanol–water partition coefficient (Wildman–Crippen LogP) is 3.10. The number of amides is 3. The molecule has 126 valence electrons. The average molecular weight is 322 g/mol. The Bertz CT molecular complexity index is 553. The first kappa shape index (κ1) is 17.2. The number of benzene rings is 1. The summed E-state index contributed by atoms with van der Waals surface area (Å²) >= 11 is 0. The van der Waals surface area contributed by atoms with Gasteiger partial charge in [0.05, 0.1) is 6.54 Å². The zero-order chi connectivity index (χ0) is 16.9. The number of urea groups is 1. The van der Waals surface area contributed by atoms with Crippen LogP contribution in [0.2, 0.25) is 0 Å². The summed E-state index contributed by atoms with van der Waals surface area (Å²) in [5, 5.41) is 2.86. The maximum atomic E-state index is 12.8. The van der Waals surface area contributed by atoms with E-state index in [2.05, 4.69) is 5.32 Å². The zero-order valence-electron chi connectivity index (χ0n) is 13.6. The van der Waals surface area contributed by atoms with Crippen molar-refractivity contribution in [3.63, 3.8) is 0 Å². The first-order valence-electron chi connectivity index (χ1n) is 8.05. The van der Waals surface area contributed by atoms with Gasteiger partial charge in [0.1, 0.15) is 23.7 Å². The summed E-state index contributed by atoms with van der Waals surface area (Å²) in [6.45, 7) is 4.35. The van der Waals surface area contributed by atoms with Crippen LogP contribution in [0.25, 0.3) is 0 Å². The van der Waals surface area contributed by atoms with Crippen molar-refractivity contribution < 1.29 is 18.7 Å². The highest BCUT2D eigenvalue weighted by atomic mass is 19.1. The van der Waals surface area contributed by atoms with Crippen molar-refractivity contribution in [2.75, 3.05) is 13.2 Å². The summed E-state index contributed by atoms with van der Waals surface area (Å²) < 4.78 is 18.3. The Balaban J connectivity index is 1.95. The summed E-state index contributed by atoms with van der Waals surface area (Å²) in [5.41, 5.74) is -0.767. The van der Waals surface area contributed by atoms with E-state index in [9.17, 15) is 14.0 Å². The molecule has 0 atom stereocenters. The van der Waals surface area contributed by atoms with E-state index in [-0.39, 0.29) is 30.9 Å². The molecule has 1 saturated heterocycles. The van der Waals surface area contributed by atoms with E-state index in [0.29, 0.717) is 18.6 Å². The first-order valence-corrected chi connectivity index (χ1v) is 8.05. The SMILES string of the molecule is CCCC1(CCC)NC(=O)N(CCOc2ccc(F)cc2)C1=O. The van der Waals surface area contributed by atoms with Gasteiger partial charge >= 0.3 is 6.03 Å². The summed E-state index contributed by atoms with van der Waals surface area (Å²) in [6, 6.07) is 5.27. The number of hydrogen-bond acceptors (Lipinski definition) is 3. The molecule has 1 aliphatic rings. The van der Waals surface area contributed by atoms with Crippen LogP contribution in [0.1, 0.15) is 39.5 Å². The smallest absolute Gasteiger partial charge is 0.325 e. The van der Waals surface area contributed by atoms with Crippen molar-refractivity contribution in [3.05, 3.63) is 30.1 Å². The molecule has 3 amide bonds. The second kappa shape index (κ2) is 7.44. The number of carbonyl (C=O) groups excluding carboxylic acids is 2. The van der Waals surface area contributed by atoms with Crippen LogP contribution in [0.5, 0.6) is 5.75 Å². The molecule has 0 aromatic heterocycles. The van der Waals surface area contributed by atoms with Gasteiger partial charge in [0.15, 0.2) is 0 Å². The van der Waals surface area contributed by atoms with Crippen molar-refractivity contribution in [2.45, 2.75) is 45.1 Å². The van der Waals surface area contributed by atoms with E-state index in [1.807, 2.05) is 13.8 Å². The maximum Gasteiger partial charge on any atom is 0.325 e. The molecule has 0 radical (unpaired) electrons. The normalized spacial score (nSPS) is 16.6. The zero-order valence-corrected chi connectivity index (χ0v) is 13.6. The number of rotatable bonds is 8. The largest absolute Gasteiger partial charge is 0.492 e. The molecule has 0 unspecified atom stereocenters. The average Bonchev–Trinajstić information content (AvgIpc) is 2.74. The summed E-state index contributed by atoms with van der Waals surface area (Å²) in [5.74, 6) is -0.00361. The van der Waals surface area contributed by atoms with Gasteiger partial charge in [-0.05, 0) is 37.1 Å². The highest BCUT2D eigenvalue weighted by molar-refractivity contribution is 6.07. The van der Waals surface area contributed by atoms with Crippen LogP contribution in [0.4, 0.5) is 9.18 Å². The van der Waals surface area contributed by atoms with E-state index in [1.165, 1.54) is 29.2 Å². The molecule has 1 aliphatic heterocycles. The van der Waals surface area contributed by atoms with Gasteiger partial charge in [-0.1, -0.05) is 26.7 Å². The van der Waals surface area contributed by atoms with Gasteiger partial charge in [-0.15, -0.1) is 0 Å². The van der Waals surface area contributed by atoms with Gasteiger partial charge in [-0.25, -0.2) is 9.18 Å². The molecule has 0 aliphatic carbocycles. The molecule has 1 aromatic rings. The standard InChI is InChI=1S/C17H23FN2O3/c1-3-9-17(10-4-2)15(21)20(16(22)19-17)11-12-23-14-7-5-13(18)6-8-14/h5-8H,3-4,9-12H2,1-2H3,(H,19,22). The Kier molecular flexibility index (Phi) is 5.58. The summed E-state index contributed by atoms with van der Waals surface area (Å²) in [4.78, 5) is 26.0. The lowest BCUT2D eigenvalue weighted by atomic mass is 9.88. The molecule has 1 fully saturated rings. The lowest BCUT2D eigenvalue weighted by Gasteiger charge is -2.25. The molecule has 1 aromatic carbocycles. The fourth-order valence-corrected chi connectivity index (χ4v) is 2.98. The Morgan fingerprint density at radius 3 is 2.30 bits per heavy atom. The van der Waals surface area contributed by atoms with Crippen LogP contribution >= 0.6 is 0 Å². The van der Waals surface area contributed by atoms with Crippen molar-refractivity contribution in [1.29, 1.82) is 0 Å². The Hall–Kier alpha value is -2.11. The van der Waals surface area contributed by atoms with Gasteiger partial charge < -0.3 is 10.1 Å². The molecule has 23 heavy (non-hydrogen) atoms. The predicted molar refractivity (Wildman–Crippen MR) is 84.7 cm³/mol. The lowest BCUT2D eigenvalue weighted by molar-refractivity contribution is -0.132. The third kappa shape index (κ3) is 3.81. The van der Waals surface area contributed by atoms with E-state index in [1.54, 1.807) is 0 Å². The molecule has 0 spiro atoms. The van der Waals surface area contributed by atoms with Gasteiger partial charge in [-0.2, -0.15) is 0 Å². The third-order valence-electron chi connectivity index (χ3n) is 4.00. The minimum Gasteiger partial charge on any atom is -0.492 e. The van der Waals surface area contributed by atoms with Crippen molar-refractivity contribution >= 4 is 11.9 Å². The van der Waals surface area contributed by atoms with Crippen LogP contribution in [-0.2, 0) is 4.79 Å². The molecule has 0 saturated carbocycles. The monoisotopic (exact) mass is 322 g/mol. The van der Waals surface area contributed by atoms with Crippen LogP contribution in [-0.4, -0.2) is 35.5 Å². The minimum absolute atomic E-state index is 0.172. The Morgan fingerprint density at radius 2 is 1.74 bits per heavy atom. The number of ether oxygens (including phenoxy) is 1. The number of imide groups is 1. The molecular formula is C17H23FN2O3. The highest BCUT2D eigenvalue weighted by Gasteiger charge is 2.49. The van der Waals surface area contributed by atoms with Crippen molar-refractivity contribution in [2.24, 2.45) is 0 Å². The molecule has 6 heteroatoms. The molecule has 0 bridgehead atoms. The maximum absolute atomic E-state index is 12.8. The molecule has 5 nitrogen and oxygen atoms in total.